The number of benzene rings is 1. The lowest BCUT2D eigenvalue weighted by atomic mass is 9.97. The van der Waals surface area contributed by atoms with Crippen LogP contribution in [0, 0.1) is 11.2 Å². The van der Waals surface area contributed by atoms with E-state index in [4.69, 9.17) is 5.41 Å². The van der Waals surface area contributed by atoms with Gasteiger partial charge in [0.2, 0.25) is 0 Å². The molecule has 3 N–H and O–H groups in total. The first-order valence-electron chi connectivity index (χ1n) is 8.23. The highest BCUT2D eigenvalue weighted by molar-refractivity contribution is 7.99. The van der Waals surface area contributed by atoms with E-state index in [1.165, 1.54) is 11.8 Å². The zero-order chi connectivity index (χ0) is 20.5. The number of likely N-dealkylation sites (tertiary alicyclic amines) is 1. The maximum atomic E-state index is 13.4. The second-order valence-corrected chi connectivity index (χ2v) is 7.72. The fraction of sp³-hybridized carbons (Fsp3) is 0.438. The maximum Gasteiger partial charge on any atom is 0.266 e. The summed E-state index contributed by atoms with van der Waals surface area (Å²) < 4.78 is 43.7. The number of nitrogens with one attached hydrogen (secondary N) is 1. The molecule has 152 valence electrons. The minimum Gasteiger partial charge on any atom is -0.388 e. The molecule has 28 heavy (non-hydrogen) atoms. The average Bonchev–Trinajstić information content (AvgIpc) is 3.07. The van der Waals surface area contributed by atoms with Gasteiger partial charge in [-0.3, -0.25) is 15.5 Å². The van der Waals surface area contributed by atoms with Crippen molar-refractivity contribution in [3.8, 4) is 0 Å². The van der Waals surface area contributed by atoms with Gasteiger partial charge in [-0.15, -0.1) is 0 Å². The Morgan fingerprint density at radius 1 is 1.43 bits per heavy atom. The molecule has 0 radical (unpaired) electrons. The summed E-state index contributed by atoms with van der Waals surface area (Å²) in [4.78, 5) is 2.04. The molecule has 1 aliphatic rings. The molecule has 0 amide bonds. The third kappa shape index (κ3) is 4.46. The van der Waals surface area contributed by atoms with Crippen LogP contribution in [-0.4, -0.2) is 62.4 Å². The molecule has 1 aromatic carbocycles. The number of halogens is 3. The molecular weight excluding hydrogens is 399 g/mol. The number of hydroxylamine groups is 1. The topological polar surface area (TPSA) is 110 Å². The molecule has 2 aromatic rings. The summed E-state index contributed by atoms with van der Waals surface area (Å²) in [5.74, 6) is -1.09. The Hall–Kier alpha value is -2.15. The van der Waals surface area contributed by atoms with Crippen molar-refractivity contribution < 1.29 is 28.1 Å². The number of anilines is 1. The van der Waals surface area contributed by atoms with E-state index >= 15 is 0 Å². The van der Waals surface area contributed by atoms with E-state index in [-0.39, 0.29) is 16.4 Å². The minimum absolute atomic E-state index is 0.0778. The zero-order valence-corrected chi connectivity index (χ0v) is 15.6. The molecule has 1 saturated heterocycles. The molecule has 0 atom stereocenters. The molecule has 0 spiro atoms. The van der Waals surface area contributed by atoms with Crippen LogP contribution in [0.1, 0.15) is 24.6 Å². The van der Waals surface area contributed by atoms with Gasteiger partial charge in [0.25, 0.3) is 6.43 Å². The van der Waals surface area contributed by atoms with Crippen molar-refractivity contribution in [2.24, 2.45) is 0 Å². The van der Waals surface area contributed by atoms with Gasteiger partial charge in [0.1, 0.15) is 5.82 Å². The predicted molar refractivity (Wildman–Crippen MR) is 94.5 cm³/mol. The number of β-amino-alcohol motifs (C(OH)–C–C–N with tert-alkyl or cyclic N) is 1. The van der Waals surface area contributed by atoms with E-state index < -0.39 is 29.2 Å². The number of aliphatic hydroxyl groups is 1. The summed E-state index contributed by atoms with van der Waals surface area (Å²) in [6, 6.07) is 2.60. The van der Waals surface area contributed by atoms with E-state index in [0.29, 0.717) is 30.5 Å². The van der Waals surface area contributed by atoms with Gasteiger partial charge in [-0.1, -0.05) is 11.8 Å². The lowest BCUT2D eigenvalue weighted by Gasteiger charge is -2.44. The van der Waals surface area contributed by atoms with Gasteiger partial charge in [-0.05, 0) is 35.4 Å². The number of aromatic nitrogens is 2. The van der Waals surface area contributed by atoms with Gasteiger partial charge < -0.3 is 5.11 Å². The van der Waals surface area contributed by atoms with Crippen molar-refractivity contribution in [1.29, 1.82) is 5.41 Å². The van der Waals surface area contributed by atoms with Crippen LogP contribution >= 0.6 is 11.8 Å². The van der Waals surface area contributed by atoms with Crippen LogP contribution in [0.4, 0.5) is 18.9 Å². The molecule has 2 heterocycles. The first-order chi connectivity index (χ1) is 13.2. The number of rotatable bonds is 7. The Labute approximate surface area is 162 Å². The van der Waals surface area contributed by atoms with Crippen molar-refractivity contribution in [3.05, 3.63) is 35.3 Å². The highest BCUT2D eigenvalue weighted by Gasteiger charge is 2.35. The average molecular weight is 417 g/mol. The fourth-order valence-corrected chi connectivity index (χ4v) is 3.73. The van der Waals surface area contributed by atoms with E-state index in [0.717, 1.165) is 18.2 Å². The predicted octanol–water partition coefficient (Wildman–Crippen LogP) is 2.53. The van der Waals surface area contributed by atoms with Crippen molar-refractivity contribution in [2.45, 2.75) is 24.0 Å². The van der Waals surface area contributed by atoms with Gasteiger partial charge in [-0.2, -0.15) is 0 Å². The van der Waals surface area contributed by atoms with E-state index in [2.05, 4.69) is 14.9 Å². The monoisotopic (exact) mass is 417 g/mol. The summed E-state index contributed by atoms with van der Waals surface area (Å²) in [6.07, 6.45) is -3.07. The van der Waals surface area contributed by atoms with Gasteiger partial charge in [0, 0.05) is 25.4 Å². The van der Waals surface area contributed by atoms with Gasteiger partial charge in [0.15, 0.2) is 16.6 Å². The Bertz CT molecular complexity index is 856. The molecule has 1 aliphatic heterocycles. The SMILES string of the molecule is CC1(O)CN(CCSc2nonc2C(=N)N(O)c2ccc(F)c(C(F)F)c2)C1. The highest BCUT2D eigenvalue weighted by Crippen LogP contribution is 2.28. The van der Waals surface area contributed by atoms with Crippen LogP contribution < -0.4 is 5.06 Å². The second-order valence-electron chi connectivity index (χ2n) is 6.64. The van der Waals surface area contributed by atoms with Crippen LogP contribution in [0.2, 0.25) is 0 Å². The smallest absolute Gasteiger partial charge is 0.266 e. The Morgan fingerprint density at radius 3 is 2.79 bits per heavy atom. The standard InChI is InChI=1S/C16H18F3N5O3S/c1-16(25)7-23(8-16)4-5-28-15-12(21-27-22-15)14(20)24(26)9-2-3-11(17)10(6-9)13(18)19/h2-3,6,13,20,25-26H,4-5,7-8H2,1H3. The van der Waals surface area contributed by atoms with E-state index in [1.807, 2.05) is 4.90 Å². The lowest BCUT2D eigenvalue weighted by molar-refractivity contribution is -0.0801. The van der Waals surface area contributed by atoms with Gasteiger partial charge in [0.05, 0.1) is 16.9 Å². The summed E-state index contributed by atoms with van der Waals surface area (Å²) in [7, 11) is 0. The Morgan fingerprint density at radius 2 is 2.14 bits per heavy atom. The van der Waals surface area contributed by atoms with E-state index in [9.17, 15) is 23.5 Å². The summed E-state index contributed by atoms with van der Waals surface area (Å²) >= 11 is 1.23. The normalized spacial score (nSPS) is 16.2. The van der Waals surface area contributed by atoms with Gasteiger partial charge in [-0.25, -0.2) is 22.9 Å². The van der Waals surface area contributed by atoms with Crippen LogP contribution in [0.15, 0.2) is 27.9 Å². The number of thioether (sulfide) groups is 1. The largest absolute Gasteiger partial charge is 0.388 e. The molecule has 0 unspecified atom stereocenters. The molecule has 0 bridgehead atoms. The van der Waals surface area contributed by atoms with Crippen LogP contribution in [0.3, 0.4) is 0 Å². The quantitative estimate of drug-likeness (QED) is 0.273. The molecule has 8 nitrogen and oxygen atoms in total. The number of amidine groups is 1. The molecular formula is C16H18F3N5O3S. The molecule has 12 heteroatoms. The third-order valence-electron chi connectivity index (χ3n) is 4.13. The molecule has 0 aliphatic carbocycles. The fourth-order valence-electron chi connectivity index (χ4n) is 2.83. The van der Waals surface area contributed by atoms with Gasteiger partial charge >= 0.3 is 0 Å². The second kappa shape index (κ2) is 8.07. The molecule has 1 aromatic heterocycles. The lowest BCUT2D eigenvalue weighted by Crippen LogP contribution is -2.60. The minimum atomic E-state index is -3.07. The Kier molecular flexibility index (Phi) is 5.93. The van der Waals surface area contributed by atoms with E-state index in [1.54, 1.807) is 6.92 Å². The zero-order valence-electron chi connectivity index (χ0n) is 14.8. The number of nitrogens with zero attached hydrogens (tertiary/aromatic N) is 4. The van der Waals surface area contributed by atoms with Crippen molar-refractivity contribution in [3.63, 3.8) is 0 Å². The number of hydrogen-bond donors (Lipinski definition) is 3. The molecule has 1 fully saturated rings. The molecule has 3 rings (SSSR count). The number of hydrogen-bond acceptors (Lipinski definition) is 8. The van der Waals surface area contributed by atoms with Crippen molar-refractivity contribution >= 4 is 23.3 Å². The molecule has 0 saturated carbocycles. The highest BCUT2D eigenvalue weighted by atomic mass is 32.2. The first kappa shape index (κ1) is 20.6. The third-order valence-corrected chi connectivity index (χ3v) is 5.06. The Balaban J connectivity index is 1.65. The van der Waals surface area contributed by atoms with Crippen LogP contribution in [0.25, 0.3) is 0 Å². The van der Waals surface area contributed by atoms with Crippen molar-refractivity contribution in [2.75, 3.05) is 30.5 Å². The van der Waals surface area contributed by atoms with Crippen LogP contribution in [-0.2, 0) is 0 Å². The summed E-state index contributed by atoms with van der Waals surface area (Å²) in [6.45, 7) is 3.55. The summed E-state index contributed by atoms with van der Waals surface area (Å²) in [5.41, 5.74) is -1.85. The number of alkyl halides is 2. The summed E-state index contributed by atoms with van der Waals surface area (Å²) in [5, 5.41) is 35.8. The first-order valence-corrected chi connectivity index (χ1v) is 9.22. The maximum absolute atomic E-state index is 13.4. The van der Waals surface area contributed by atoms with Crippen LogP contribution in [0.5, 0.6) is 0 Å². The van der Waals surface area contributed by atoms with Crippen molar-refractivity contribution in [1.82, 2.24) is 15.2 Å².